The van der Waals surface area contributed by atoms with Gasteiger partial charge in [0.1, 0.15) is 11.9 Å². The van der Waals surface area contributed by atoms with Crippen molar-refractivity contribution in [2.24, 2.45) is 15.9 Å². The lowest BCUT2D eigenvalue weighted by Gasteiger charge is -2.26. The molecule has 1 N–H and O–H groups in total. The maximum Gasteiger partial charge on any atom is 0.329 e. The van der Waals surface area contributed by atoms with Crippen LogP contribution in [0.5, 0.6) is 0 Å². The highest BCUT2D eigenvalue weighted by atomic mass is 16.5. The third kappa shape index (κ3) is 5.14. The standard InChI is InChI=1S/C28H32N4O3/c1-2-32-26-23(27(33)31-28(32)34)16-15-20(17-19-9-4-3-5-10-19)25(30-26)21-11-6-7-14-24(29-18-21)35-22-12-8-13-22/h3-5,7,9-10,14,18,20,22H,2,6,8,11-13,15-17H2,1H3,(H,31,33,34)/b14-7-,21-18+,29-24-. The van der Waals surface area contributed by atoms with Gasteiger partial charge in [0.15, 0.2) is 0 Å². The zero-order chi connectivity index (χ0) is 24.2. The molecular weight excluding hydrogens is 440 g/mol. The first-order valence-corrected chi connectivity index (χ1v) is 12.7. The molecule has 1 aromatic heterocycles. The first kappa shape index (κ1) is 23.3. The molecule has 5 rings (SSSR count). The van der Waals surface area contributed by atoms with Gasteiger partial charge in [0.2, 0.25) is 5.90 Å². The van der Waals surface area contributed by atoms with E-state index in [1.165, 1.54) is 12.0 Å². The molecular formula is C28H32N4O3. The Balaban J connectivity index is 1.59. The Morgan fingerprint density at radius 2 is 1.94 bits per heavy atom. The summed E-state index contributed by atoms with van der Waals surface area (Å²) >= 11 is 0. The molecule has 7 nitrogen and oxygen atoms in total. The van der Waals surface area contributed by atoms with Crippen molar-refractivity contribution in [2.75, 3.05) is 0 Å². The van der Waals surface area contributed by atoms with Crippen LogP contribution < -0.4 is 11.2 Å². The molecule has 35 heavy (non-hydrogen) atoms. The average molecular weight is 473 g/mol. The van der Waals surface area contributed by atoms with Crippen LogP contribution in [0.2, 0.25) is 0 Å². The number of fused-ring (bicyclic) bond motifs is 1. The summed E-state index contributed by atoms with van der Waals surface area (Å²) in [6.45, 7) is 2.34. The number of H-pyrrole nitrogens is 1. The van der Waals surface area contributed by atoms with Crippen molar-refractivity contribution >= 4 is 17.4 Å². The van der Waals surface area contributed by atoms with E-state index in [1.807, 2.05) is 37.4 Å². The van der Waals surface area contributed by atoms with Gasteiger partial charge >= 0.3 is 5.69 Å². The Morgan fingerprint density at radius 1 is 1.11 bits per heavy atom. The van der Waals surface area contributed by atoms with E-state index in [4.69, 9.17) is 14.7 Å². The number of aromatic amines is 1. The van der Waals surface area contributed by atoms with Crippen molar-refractivity contribution in [1.29, 1.82) is 0 Å². The van der Waals surface area contributed by atoms with Gasteiger partial charge < -0.3 is 4.74 Å². The molecule has 1 saturated carbocycles. The lowest BCUT2D eigenvalue weighted by molar-refractivity contribution is 0.109. The monoisotopic (exact) mass is 472 g/mol. The molecule has 3 heterocycles. The summed E-state index contributed by atoms with van der Waals surface area (Å²) < 4.78 is 7.63. The topological polar surface area (TPSA) is 88.8 Å². The molecule has 0 amide bonds. The first-order valence-electron chi connectivity index (χ1n) is 12.7. The van der Waals surface area contributed by atoms with E-state index in [1.54, 1.807) is 4.57 Å². The molecule has 3 aliphatic rings. The molecule has 2 aliphatic heterocycles. The number of hydrogen-bond acceptors (Lipinski definition) is 5. The van der Waals surface area contributed by atoms with E-state index in [0.717, 1.165) is 49.8 Å². The van der Waals surface area contributed by atoms with Crippen LogP contribution in [-0.4, -0.2) is 27.3 Å². The molecule has 1 atom stereocenters. The second-order valence-electron chi connectivity index (χ2n) is 9.46. The second kappa shape index (κ2) is 10.4. The number of benzene rings is 1. The summed E-state index contributed by atoms with van der Waals surface area (Å²) in [5, 5.41) is 0. The number of rotatable bonds is 5. The fourth-order valence-corrected chi connectivity index (χ4v) is 4.93. The Labute approximate surface area is 205 Å². The lowest BCUT2D eigenvalue weighted by Crippen LogP contribution is -2.31. The normalized spacial score (nSPS) is 24.3. The van der Waals surface area contributed by atoms with Crippen molar-refractivity contribution < 1.29 is 4.74 Å². The van der Waals surface area contributed by atoms with Crippen molar-refractivity contribution in [2.45, 2.75) is 70.9 Å². The molecule has 0 saturated heterocycles. The van der Waals surface area contributed by atoms with E-state index in [0.29, 0.717) is 30.2 Å². The van der Waals surface area contributed by atoms with Gasteiger partial charge in [-0.1, -0.05) is 36.4 Å². The van der Waals surface area contributed by atoms with Crippen LogP contribution in [0.4, 0.5) is 5.82 Å². The summed E-state index contributed by atoms with van der Waals surface area (Å²) in [4.78, 5) is 37.5. The summed E-state index contributed by atoms with van der Waals surface area (Å²) in [5.41, 5.74) is 3.02. The van der Waals surface area contributed by atoms with Crippen LogP contribution in [0.1, 0.15) is 56.6 Å². The van der Waals surface area contributed by atoms with Crippen LogP contribution in [-0.2, 0) is 24.1 Å². The predicted octanol–water partition coefficient (Wildman–Crippen LogP) is 4.64. The fraction of sp³-hybridized carbons (Fsp3) is 0.429. The van der Waals surface area contributed by atoms with Crippen molar-refractivity contribution in [3.63, 3.8) is 0 Å². The minimum Gasteiger partial charge on any atom is -0.474 e. The average Bonchev–Trinajstić information content (AvgIpc) is 2.99. The molecule has 0 radical (unpaired) electrons. The van der Waals surface area contributed by atoms with Crippen molar-refractivity contribution in [3.8, 4) is 0 Å². The Kier molecular flexibility index (Phi) is 6.93. The van der Waals surface area contributed by atoms with Gasteiger partial charge in [-0.25, -0.2) is 14.8 Å². The van der Waals surface area contributed by atoms with E-state index < -0.39 is 5.69 Å². The van der Waals surface area contributed by atoms with Crippen molar-refractivity contribution in [3.05, 3.63) is 86.2 Å². The number of hydrogen-bond donors (Lipinski definition) is 1. The van der Waals surface area contributed by atoms with Gasteiger partial charge in [0, 0.05) is 18.7 Å². The molecule has 1 fully saturated rings. The molecule has 0 bridgehead atoms. The molecule has 2 aromatic rings. The van der Waals surface area contributed by atoms with E-state index in [-0.39, 0.29) is 17.6 Å². The zero-order valence-corrected chi connectivity index (χ0v) is 20.2. The maximum atomic E-state index is 12.7. The van der Waals surface area contributed by atoms with Gasteiger partial charge in [-0.15, -0.1) is 0 Å². The highest BCUT2D eigenvalue weighted by Gasteiger charge is 2.27. The number of nitrogens with zero attached hydrogens (tertiary/aromatic N) is 3. The predicted molar refractivity (Wildman–Crippen MR) is 139 cm³/mol. The molecule has 1 aromatic carbocycles. The van der Waals surface area contributed by atoms with E-state index in [9.17, 15) is 9.59 Å². The zero-order valence-electron chi connectivity index (χ0n) is 20.2. The number of nitrogens with one attached hydrogen (secondary N) is 1. The van der Waals surface area contributed by atoms with E-state index in [2.05, 4.69) is 23.2 Å². The van der Waals surface area contributed by atoms with Crippen LogP contribution in [0.15, 0.2) is 73.8 Å². The second-order valence-corrected chi connectivity index (χ2v) is 9.46. The summed E-state index contributed by atoms with van der Waals surface area (Å²) in [6, 6.07) is 10.4. The highest BCUT2D eigenvalue weighted by Crippen LogP contribution is 2.31. The van der Waals surface area contributed by atoms with Gasteiger partial charge in [-0.3, -0.25) is 14.3 Å². The smallest absolute Gasteiger partial charge is 0.329 e. The largest absolute Gasteiger partial charge is 0.474 e. The van der Waals surface area contributed by atoms with Crippen LogP contribution in [0.25, 0.3) is 0 Å². The first-order chi connectivity index (χ1) is 17.1. The molecule has 0 spiro atoms. The Bertz CT molecular complexity index is 1310. The Hall–Kier alpha value is -3.48. The quantitative estimate of drug-likeness (QED) is 0.688. The molecule has 1 unspecified atom stereocenters. The minimum absolute atomic E-state index is 0.102. The van der Waals surface area contributed by atoms with Gasteiger partial charge in [0.25, 0.3) is 5.56 Å². The van der Waals surface area contributed by atoms with Gasteiger partial charge in [0.05, 0.1) is 11.3 Å². The van der Waals surface area contributed by atoms with Gasteiger partial charge in [-0.2, -0.15) is 0 Å². The minimum atomic E-state index is -0.412. The third-order valence-electron chi connectivity index (χ3n) is 7.12. The highest BCUT2D eigenvalue weighted by molar-refractivity contribution is 6.04. The maximum absolute atomic E-state index is 12.7. The van der Waals surface area contributed by atoms with Gasteiger partial charge in [-0.05, 0) is 75.5 Å². The Morgan fingerprint density at radius 3 is 2.69 bits per heavy atom. The van der Waals surface area contributed by atoms with Crippen LogP contribution in [0.3, 0.4) is 0 Å². The molecule has 7 heteroatoms. The fourth-order valence-electron chi connectivity index (χ4n) is 4.93. The SMILES string of the molecule is CCn1c2c(c(=O)[nH]c1=O)CCC(Cc1ccccc1)C(/C1=C/N=C(OC3CCC3)/C=C\CC1)=N2. The lowest BCUT2D eigenvalue weighted by atomic mass is 9.85. The number of ether oxygens (including phenoxy) is 1. The molecule has 182 valence electrons. The number of aromatic nitrogens is 2. The van der Waals surface area contributed by atoms with E-state index >= 15 is 0 Å². The summed E-state index contributed by atoms with van der Waals surface area (Å²) in [6.07, 6.45) is 13.4. The number of allylic oxidation sites excluding steroid dienone is 2. The summed E-state index contributed by atoms with van der Waals surface area (Å²) in [7, 11) is 0. The third-order valence-corrected chi connectivity index (χ3v) is 7.12. The van der Waals surface area contributed by atoms with Crippen LogP contribution in [0, 0.1) is 5.92 Å². The van der Waals surface area contributed by atoms with Crippen LogP contribution >= 0.6 is 0 Å². The number of aliphatic imine (C=N–C) groups is 2. The summed E-state index contributed by atoms with van der Waals surface area (Å²) in [5.74, 6) is 1.23. The molecule has 1 aliphatic carbocycles. The van der Waals surface area contributed by atoms with Crippen molar-refractivity contribution in [1.82, 2.24) is 9.55 Å².